The first kappa shape index (κ1) is 31.6. The fourth-order valence-corrected chi connectivity index (χ4v) is 8.53. The number of hydrogen-bond donors (Lipinski definition) is 2. The average molecular weight is 688 g/mol. The number of benzene rings is 4. The Labute approximate surface area is 286 Å². The largest absolute Gasteiger partial charge is 0.363 e. The van der Waals surface area contributed by atoms with Crippen LogP contribution < -0.4 is 19.2 Å². The quantitative estimate of drug-likeness (QED) is 0.197. The van der Waals surface area contributed by atoms with E-state index in [1.54, 1.807) is 30.3 Å². The lowest BCUT2D eigenvalue weighted by Crippen LogP contribution is -2.38. The highest BCUT2D eigenvalue weighted by Gasteiger charge is 2.35. The van der Waals surface area contributed by atoms with Gasteiger partial charge in [-0.3, -0.25) is 4.79 Å². The maximum atomic E-state index is 12.6. The van der Waals surface area contributed by atoms with Crippen molar-refractivity contribution in [3.8, 4) is 11.1 Å². The highest BCUT2D eigenvalue weighted by atomic mass is 35.5. The molecule has 1 aliphatic carbocycles. The van der Waals surface area contributed by atoms with Crippen LogP contribution in [0.5, 0.6) is 0 Å². The Hall–Kier alpha value is -3.98. The summed E-state index contributed by atoms with van der Waals surface area (Å²) in [6.45, 7) is -0.259. The second-order valence-corrected chi connectivity index (χ2v) is 15.0. The zero-order valence-corrected chi connectivity index (χ0v) is 28.2. The average Bonchev–Trinajstić information content (AvgIpc) is 3.60. The number of hydrogen-bond acceptors (Lipinski definition) is 5. The molecule has 7 nitrogen and oxygen atoms in total. The summed E-state index contributed by atoms with van der Waals surface area (Å²) in [5.74, 6) is 0.259. The minimum absolute atomic E-state index is 0.202. The number of anilines is 2. The Morgan fingerprint density at radius 1 is 0.766 bits per heavy atom. The lowest BCUT2D eigenvalue weighted by atomic mass is 9.84. The second-order valence-electron chi connectivity index (χ2n) is 12.6. The number of amides is 1. The molecule has 2 heterocycles. The van der Waals surface area contributed by atoms with E-state index in [-0.39, 0.29) is 12.7 Å². The zero-order valence-electron chi connectivity index (χ0n) is 25.8. The van der Waals surface area contributed by atoms with E-state index < -0.39 is 16.1 Å². The molecular weight excluding hydrogens is 651 g/mol. The summed E-state index contributed by atoms with van der Waals surface area (Å²) in [7, 11) is -3.94. The monoisotopic (exact) mass is 686 g/mol. The summed E-state index contributed by atoms with van der Waals surface area (Å²) < 4.78 is 28.3. The van der Waals surface area contributed by atoms with Crippen molar-refractivity contribution in [1.82, 2.24) is 10.0 Å². The van der Waals surface area contributed by atoms with E-state index in [4.69, 9.17) is 23.2 Å². The SMILES string of the molecule is O=C1CN(c2cccc(N3C=C(c4ccc(Cl)cc4Cl)NC3Cc3ccc(-c4ccc(CC5CCCCC5)cc4)cc3)c2)S(=O)(=O)N1. The third kappa shape index (κ3) is 7.00. The van der Waals surface area contributed by atoms with Gasteiger partial charge in [0.1, 0.15) is 12.7 Å². The molecule has 2 fully saturated rings. The summed E-state index contributed by atoms with van der Waals surface area (Å²) in [5.41, 5.74) is 7.71. The van der Waals surface area contributed by atoms with Gasteiger partial charge in [0.05, 0.1) is 16.4 Å². The van der Waals surface area contributed by atoms with E-state index >= 15 is 0 Å². The van der Waals surface area contributed by atoms with E-state index in [9.17, 15) is 13.2 Å². The van der Waals surface area contributed by atoms with Crippen LogP contribution in [-0.4, -0.2) is 27.0 Å². The van der Waals surface area contributed by atoms with Gasteiger partial charge in [-0.1, -0.05) is 110 Å². The predicted octanol–water partition coefficient (Wildman–Crippen LogP) is 7.94. The molecule has 1 atom stereocenters. The Morgan fingerprint density at radius 2 is 1.43 bits per heavy atom. The molecule has 10 heteroatoms. The van der Waals surface area contributed by atoms with Gasteiger partial charge in [0.15, 0.2) is 0 Å². The first-order valence-corrected chi connectivity index (χ1v) is 18.3. The summed E-state index contributed by atoms with van der Waals surface area (Å²) in [6.07, 6.45) is 10.4. The molecular formula is C37H36Cl2N4O3S. The molecule has 242 valence electrons. The molecule has 2 aliphatic heterocycles. The molecule has 0 bridgehead atoms. The van der Waals surface area contributed by atoms with Gasteiger partial charge in [-0.05, 0) is 71.0 Å². The van der Waals surface area contributed by atoms with Gasteiger partial charge in [-0.25, -0.2) is 9.03 Å². The molecule has 0 radical (unpaired) electrons. The van der Waals surface area contributed by atoms with Gasteiger partial charge in [-0.15, -0.1) is 0 Å². The molecule has 7 rings (SSSR count). The zero-order chi connectivity index (χ0) is 32.5. The van der Waals surface area contributed by atoms with Crippen molar-refractivity contribution in [3.63, 3.8) is 0 Å². The third-order valence-electron chi connectivity index (χ3n) is 9.30. The lowest BCUT2D eigenvalue weighted by molar-refractivity contribution is -0.117. The molecule has 1 amide bonds. The van der Waals surface area contributed by atoms with E-state index in [1.165, 1.54) is 55.2 Å². The molecule has 2 N–H and O–H groups in total. The normalized spacial score (nSPS) is 19.4. The van der Waals surface area contributed by atoms with Crippen LogP contribution >= 0.6 is 23.2 Å². The number of nitrogens with one attached hydrogen (secondary N) is 2. The van der Waals surface area contributed by atoms with Crippen molar-refractivity contribution >= 4 is 56.4 Å². The van der Waals surface area contributed by atoms with Crippen LogP contribution in [0, 0.1) is 5.92 Å². The molecule has 1 saturated carbocycles. The van der Waals surface area contributed by atoms with Gasteiger partial charge in [-0.2, -0.15) is 8.42 Å². The van der Waals surface area contributed by atoms with Crippen molar-refractivity contribution in [1.29, 1.82) is 0 Å². The summed E-state index contributed by atoms with van der Waals surface area (Å²) in [4.78, 5) is 14.0. The summed E-state index contributed by atoms with van der Waals surface area (Å²) in [5, 5.41) is 4.69. The fraction of sp³-hybridized carbons (Fsp3) is 0.270. The molecule has 4 aromatic carbocycles. The van der Waals surface area contributed by atoms with Crippen molar-refractivity contribution in [2.45, 2.75) is 51.1 Å². The van der Waals surface area contributed by atoms with E-state index in [1.807, 2.05) is 23.1 Å². The standard InChI is InChI=1S/C37H36Cl2N4O3S/c38-30-17-18-33(34(39)21-30)35-23-42(31-7-4-8-32(22-31)43-24-37(44)41-47(43,45)46)36(40-35)20-27-11-15-29(16-12-27)28-13-9-26(10-14-28)19-25-5-2-1-3-6-25/h4,7-18,21-23,25,36,40H,1-3,5-6,19-20,24H2,(H,41,44). The summed E-state index contributed by atoms with van der Waals surface area (Å²) in [6, 6.07) is 30.2. The highest BCUT2D eigenvalue weighted by Crippen LogP contribution is 2.35. The third-order valence-corrected chi connectivity index (χ3v) is 11.3. The maximum absolute atomic E-state index is 12.6. The van der Waals surface area contributed by atoms with Crippen LogP contribution in [0.3, 0.4) is 0 Å². The molecule has 3 aliphatic rings. The van der Waals surface area contributed by atoms with Crippen molar-refractivity contribution in [2.75, 3.05) is 15.7 Å². The molecule has 1 unspecified atom stereocenters. The molecule has 0 spiro atoms. The smallest absolute Gasteiger partial charge is 0.326 e. The van der Waals surface area contributed by atoms with Crippen LogP contribution in [0.4, 0.5) is 11.4 Å². The predicted molar refractivity (Wildman–Crippen MR) is 191 cm³/mol. The van der Waals surface area contributed by atoms with Crippen LogP contribution in [0.2, 0.25) is 10.0 Å². The second kappa shape index (κ2) is 13.3. The Bertz CT molecular complexity index is 1920. The molecule has 4 aromatic rings. The van der Waals surface area contributed by atoms with Crippen LogP contribution in [0.15, 0.2) is 97.2 Å². The van der Waals surface area contributed by atoms with Crippen LogP contribution in [-0.2, 0) is 27.8 Å². The van der Waals surface area contributed by atoms with Crippen molar-refractivity contribution in [2.24, 2.45) is 5.92 Å². The van der Waals surface area contributed by atoms with E-state index in [2.05, 4.69) is 58.7 Å². The number of carbonyl (C=O) groups is 1. The lowest BCUT2D eigenvalue weighted by Gasteiger charge is -2.27. The fourth-order valence-electron chi connectivity index (χ4n) is 6.87. The minimum Gasteiger partial charge on any atom is -0.363 e. The Balaban J connectivity index is 1.12. The van der Waals surface area contributed by atoms with Gasteiger partial charge in [0, 0.05) is 28.9 Å². The molecule has 0 aromatic heterocycles. The Morgan fingerprint density at radius 3 is 2.06 bits per heavy atom. The first-order valence-electron chi connectivity index (χ1n) is 16.1. The van der Waals surface area contributed by atoms with Crippen LogP contribution in [0.25, 0.3) is 16.8 Å². The van der Waals surface area contributed by atoms with Gasteiger partial charge in [0.2, 0.25) is 0 Å². The number of carbonyl (C=O) groups excluding carboxylic acids is 1. The van der Waals surface area contributed by atoms with Crippen molar-refractivity contribution in [3.05, 3.63) is 124 Å². The Kier molecular flexibility index (Phi) is 8.92. The van der Waals surface area contributed by atoms with Crippen LogP contribution in [0.1, 0.15) is 48.8 Å². The minimum atomic E-state index is -3.94. The molecule has 1 saturated heterocycles. The number of nitrogens with zero attached hydrogens (tertiary/aromatic N) is 2. The van der Waals surface area contributed by atoms with E-state index in [0.29, 0.717) is 22.2 Å². The first-order chi connectivity index (χ1) is 22.7. The van der Waals surface area contributed by atoms with Crippen molar-refractivity contribution < 1.29 is 13.2 Å². The maximum Gasteiger partial charge on any atom is 0.326 e. The molecule has 47 heavy (non-hydrogen) atoms. The van der Waals surface area contributed by atoms with Gasteiger partial charge < -0.3 is 10.2 Å². The van der Waals surface area contributed by atoms with E-state index in [0.717, 1.165) is 32.7 Å². The highest BCUT2D eigenvalue weighted by molar-refractivity contribution is 7.92. The van der Waals surface area contributed by atoms with Gasteiger partial charge in [0.25, 0.3) is 5.91 Å². The number of halogens is 2. The summed E-state index contributed by atoms with van der Waals surface area (Å²) >= 11 is 12.8. The van der Waals surface area contributed by atoms with Gasteiger partial charge >= 0.3 is 10.2 Å². The number of rotatable bonds is 8. The topological polar surface area (TPSA) is 81.8 Å².